The lowest BCUT2D eigenvalue weighted by atomic mass is 9.96. The molecule has 5 heteroatoms. The van der Waals surface area contributed by atoms with E-state index in [4.69, 9.17) is 9.47 Å². The van der Waals surface area contributed by atoms with Crippen molar-refractivity contribution in [3.8, 4) is 6.01 Å². The minimum Gasteiger partial charge on any atom is -0.467 e. The zero-order valence-corrected chi connectivity index (χ0v) is 9.93. The van der Waals surface area contributed by atoms with E-state index in [1.54, 1.807) is 20.4 Å². The topological polar surface area (TPSA) is 47.5 Å². The van der Waals surface area contributed by atoms with E-state index < -0.39 is 0 Å². The summed E-state index contributed by atoms with van der Waals surface area (Å²) in [6.45, 7) is 4.81. The summed E-state index contributed by atoms with van der Waals surface area (Å²) in [7, 11) is 3.33. The van der Waals surface area contributed by atoms with Crippen molar-refractivity contribution in [2.75, 3.05) is 27.3 Å². The van der Waals surface area contributed by atoms with Gasteiger partial charge in [0.1, 0.15) is 0 Å². The van der Waals surface area contributed by atoms with Crippen molar-refractivity contribution >= 4 is 0 Å². The first-order valence-corrected chi connectivity index (χ1v) is 5.29. The normalized spacial score (nSPS) is 19.2. The molecule has 2 heterocycles. The van der Waals surface area contributed by atoms with Crippen LogP contribution in [0.1, 0.15) is 12.6 Å². The molecule has 5 nitrogen and oxygen atoms in total. The summed E-state index contributed by atoms with van der Waals surface area (Å²) in [6, 6.07) is 2.33. The molecule has 0 aromatic carbocycles. The third-order valence-electron chi connectivity index (χ3n) is 2.87. The summed E-state index contributed by atoms with van der Waals surface area (Å²) in [5.74, 6) is 0. The van der Waals surface area contributed by atoms with Gasteiger partial charge in [-0.25, -0.2) is 4.98 Å². The molecule has 2 rings (SSSR count). The fourth-order valence-electron chi connectivity index (χ4n) is 1.93. The van der Waals surface area contributed by atoms with Crippen LogP contribution in [0.5, 0.6) is 6.01 Å². The summed E-state index contributed by atoms with van der Waals surface area (Å²) < 4.78 is 10.4. The monoisotopic (exact) mass is 223 g/mol. The fraction of sp³-hybridized carbons (Fsp3) is 0.636. The first-order valence-electron chi connectivity index (χ1n) is 5.29. The van der Waals surface area contributed by atoms with Crippen LogP contribution in [-0.4, -0.2) is 47.8 Å². The fourth-order valence-corrected chi connectivity index (χ4v) is 1.93. The number of hydrogen-bond acceptors (Lipinski definition) is 5. The van der Waals surface area contributed by atoms with Gasteiger partial charge in [-0.15, -0.1) is 0 Å². The van der Waals surface area contributed by atoms with E-state index >= 15 is 0 Å². The number of hydrogen-bond donors (Lipinski definition) is 0. The Kier molecular flexibility index (Phi) is 3.07. The summed E-state index contributed by atoms with van der Waals surface area (Å²) in [4.78, 5) is 10.5. The van der Waals surface area contributed by atoms with Gasteiger partial charge in [-0.2, -0.15) is 4.98 Å². The zero-order chi connectivity index (χ0) is 11.6. The molecule has 0 aliphatic carbocycles. The van der Waals surface area contributed by atoms with Crippen LogP contribution < -0.4 is 4.74 Å². The van der Waals surface area contributed by atoms with Crippen LogP contribution in [0.2, 0.25) is 0 Å². The predicted octanol–water partition coefficient (Wildman–Crippen LogP) is 0.706. The molecular weight excluding hydrogens is 206 g/mol. The molecule has 1 aliphatic heterocycles. The molecule has 0 bridgehead atoms. The molecule has 1 fully saturated rings. The lowest BCUT2D eigenvalue weighted by Gasteiger charge is -2.46. The van der Waals surface area contributed by atoms with Crippen LogP contribution in [0, 0.1) is 0 Å². The summed E-state index contributed by atoms with van der Waals surface area (Å²) in [5.41, 5.74) is 0.988. The van der Waals surface area contributed by atoms with Gasteiger partial charge in [0, 0.05) is 32.9 Å². The quantitative estimate of drug-likeness (QED) is 0.752. The van der Waals surface area contributed by atoms with Gasteiger partial charge in [-0.3, -0.25) is 4.90 Å². The van der Waals surface area contributed by atoms with Gasteiger partial charge < -0.3 is 9.47 Å². The number of nitrogens with zero attached hydrogens (tertiary/aromatic N) is 3. The van der Waals surface area contributed by atoms with Gasteiger partial charge in [-0.05, 0) is 13.0 Å². The van der Waals surface area contributed by atoms with Crippen molar-refractivity contribution in [2.45, 2.75) is 19.1 Å². The second-order valence-corrected chi connectivity index (χ2v) is 4.33. The number of methoxy groups -OCH3 is 2. The minimum atomic E-state index is 0.0110. The first-order chi connectivity index (χ1) is 7.65. The summed E-state index contributed by atoms with van der Waals surface area (Å²) in [6.07, 6.45) is 1.72. The van der Waals surface area contributed by atoms with Crippen molar-refractivity contribution in [3.05, 3.63) is 18.0 Å². The maximum atomic E-state index is 5.39. The second-order valence-electron chi connectivity index (χ2n) is 4.33. The molecule has 1 aromatic heterocycles. The van der Waals surface area contributed by atoms with Gasteiger partial charge in [0.25, 0.3) is 0 Å². The van der Waals surface area contributed by atoms with E-state index in [0.29, 0.717) is 6.01 Å². The van der Waals surface area contributed by atoms with E-state index in [2.05, 4.69) is 21.8 Å². The highest BCUT2D eigenvalue weighted by Crippen LogP contribution is 2.25. The molecule has 0 atom stereocenters. The molecular formula is C11H17N3O2. The van der Waals surface area contributed by atoms with Crippen LogP contribution in [-0.2, 0) is 11.3 Å². The van der Waals surface area contributed by atoms with Crippen molar-refractivity contribution < 1.29 is 9.47 Å². The number of likely N-dealkylation sites (tertiary alicyclic amines) is 1. The third kappa shape index (κ3) is 2.31. The Hall–Kier alpha value is -1.20. The first kappa shape index (κ1) is 11.3. The highest BCUT2D eigenvalue weighted by atomic mass is 16.5. The molecule has 0 spiro atoms. The van der Waals surface area contributed by atoms with E-state index in [0.717, 1.165) is 25.3 Å². The average molecular weight is 223 g/mol. The predicted molar refractivity (Wildman–Crippen MR) is 59.3 cm³/mol. The second kappa shape index (κ2) is 4.35. The SMILES string of the molecule is COc1nccc(CN2CC(C)(OC)C2)n1. The van der Waals surface area contributed by atoms with Crippen molar-refractivity contribution in [1.82, 2.24) is 14.9 Å². The van der Waals surface area contributed by atoms with Crippen molar-refractivity contribution in [1.29, 1.82) is 0 Å². The van der Waals surface area contributed by atoms with Crippen LogP contribution in [0.25, 0.3) is 0 Å². The van der Waals surface area contributed by atoms with Gasteiger partial charge in [0.2, 0.25) is 0 Å². The Morgan fingerprint density at radius 2 is 2.19 bits per heavy atom. The lowest BCUT2D eigenvalue weighted by Crippen LogP contribution is -2.60. The van der Waals surface area contributed by atoms with Crippen molar-refractivity contribution in [2.24, 2.45) is 0 Å². The minimum absolute atomic E-state index is 0.0110. The Balaban J connectivity index is 1.91. The van der Waals surface area contributed by atoms with Crippen LogP contribution in [0.15, 0.2) is 12.3 Å². The van der Waals surface area contributed by atoms with Crippen molar-refractivity contribution in [3.63, 3.8) is 0 Å². The largest absolute Gasteiger partial charge is 0.467 e. The Morgan fingerprint density at radius 1 is 1.44 bits per heavy atom. The van der Waals surface area contributed by atoms with Crippen LogP contribution >= 0.6 is 0 Å². The number of ether oxygens (including phenoxy) is 2. The molecule has 1 aliphatic rings. The highest BCUT2D eigenvalue weighted by Gasteiger charge is 2.38. The van der Waals surface area contributed by atoms with E-state index in [1.807, 2.05) is 6.07 Å². The molecule has 0 radical (unpaired) electrons. The van der Waals surface area contributed by atoms with E-state index in [-0.39, 0.29) is 5.60 Å². The smallest absolute Gasteiger partial charge is 0.316 e. The van der Waals surface area contributed by atoms with E-state index in [9.17, 15) is 0 Å². The molecule has 0 unspecified atom stereocenters. The molecule has 1 aromatic rings. The Labute approximate surface area is 95.4 Å². The molecule has 1 saturated heterocycles. The maximum Gasteiger partial charge on any atom is 0.316 e. The summed E-state index contributed by atoms with van der Waals surface area (Å²) in [5, 5.41) is 0. The highest BCUT2D eigenvalue weighted by molar-refractivity contribution is 5.07. The molecule has 0 saturated carbocycles. The standard InChI is InChI=1S/C11H17N3O2/c1-11(16-3)7-14(8-11)6-9-4-5-12-10(13-9)15-2/h4-5H,6-8H2,1-3H3. The Morgan fingerprint density at radius 3 is 2.81 bits per heavy atom. The van der Waals surface area contributed by atoms with Gasteiger partial charge >= 0.3 is 6.01 Å². The third-order valence-corrected chi connectivity index (χ3v) is 2.87. The Bertz CT molecular complexity index is 364. The lowest BCUT2D eigenvalue weighted by molar-refractivity contribution is -0.114. The van der Waals surface area contributed by atoms with Gasteiger partial charge in [0.05, 0.1) is 18.4 Å². The van der Waals surface area contributed by atoms with Crippen LogP contribution in [0.3, 0.4) is 0 Å². The van der Waals surface area contributed by atoms with Gasteiger partial charge in [-0.1, -0.05) is 0 Å². The van der Waals surface area contributed by atoms with Gasteiger partial charge in [0.15, 0.2) is 0 Å². The average Bonchev–Trinajstić information content (AvgIpc) is 2.27. The molecule has 16 heavy (non-hydrogen) atoms. The molecule has 88 valence electrons. The molecule has 0 amide bonds. The zero-order valence-electron chi connectivity index (χ0n) is 9.93. The summed E-state index contributed by atoms with van der Waals surface area (Å²) >= 11 is 0. The maximum absolute atomic E-state index is 5.39. The molecule has 0 N–H and O–H groups in total. The number of aromatic nitrogens is 2. The van der Waals surface area contributed by atoms with E-state index in [1.165, 1.54) is 0 Å². The number of rotatable bonds is 4. The van der Waals surface area contributed by atoms with Crippen LogP contribution in [0.4, 0.5) is 0 Å².